The second kappa shape index (κ2) is 11.8. The van der Waals surface area contributed by atoms with Gasteiger partial charge in [-0.05, 0) is 30.9 Å². The number of esters is 1. The summed E-state index contributed by atoms with van der Waals surface area (Å²) in [6.07, 6.45) is 6.49. The molecule has 5 rings (SSSR count). The van der Waals surface area contributed by atoms with E-state index in [1.807, 2.05) is 4.57 Å². The number of aromatic nitrogens is 4. The molecular weight excluding hydrogens is 522 g/mol. The molecule has 0 radical (unpaired) electrons. The first-order valence-electron chi connectivity index (χ1n) is 13.1. The third kappa shape index (κ3) is 5.41. The van der Waals surface area contributed by atoms with Gasteiger partial charge in [0, 0.05) is 30.5 Å². The van der Waals surface area contributed by atoms with Gasteiger partial charge in [0.2, 0.25) is 17.6 Å². The third-order valence-corrected chi connectivity index (χ3v) is 7.29. The van der Waals surface area contributed by atoms with Gasteiger partial charge in [0.1, 0.15) is 12.4 Å². The molecule has 1 aromatic carbocycles. The molecular formula is C29H30F2N4O5. The zero-order valence-electron chi connectivity index (χ0n) is 22.5. The molecule has 0 N–H and O–H groups in total. The number of hydrogen-bond donors (Lipinski definition) is 0. The molecule has 0 saturated heterocycles. The fraction of sp³-hybridized carbons (Fsp3) is 0.379. The number of halogens is 2. The van der Waals surface area contributed by atoms with E-state index in [9.17, 15) is 13.6 Å². The first-order chi connectivity index (χ1) is 19.4. The fourth-order valence-corrected chi connectivity index (χ4v) is 5.29. The molecule has 0 amide bonds. The van der Waals surface area contributed by atoms with Gasteiger partial charge in [-0.1, -0.05) is 19.3 Å². The van der Waals surface area contributed by atoms with Crippen LogP contribution in [0.1, 0.15) is 48.5 Å². The summed E-state index contributed by atoms with van der Waals surface area (Å²) in [6.45, 7) is 0.179. The van der Waals surface area contributed by atoms with Crippen LogP contribution < -0.4 is 14.2 Å². The summed E-state index contributed by atoms with van der Waals surface area (Å²) < 4.78 is 52.6. The molecule has 1 unspecified atom stereocenters. The molecule has 3 aromatic heterocycles. The van der Waals surface area contributed by atoms with Crippen LogP contribution in [0.5, 0.6) is 17.6 Å². The van der Waals surface area contributed by atoms with Crippen LogP contribution in [-0.4, -0.2) is 53.4 Å². The summed E-state index contributed by atoms with van der Waals surface area (Å²) in [5, 5.41) is 0. The molecule has 4 aromatic rings. The maximum Gasteiger partial charge on any atom is 0.339 e. The van der Waals surface area contributed by atoms with Crippen molar-refractivity contribution in [3.8, 4) is 29.0 Å². The summed E-state index contributed by atoms with van der Waals surface area (Å²) in [7, 11) is 4.30. The number of imidazole rings is 1. The Morgan fingerprint density at radius 1 is 0.975 bits per heavy atom. The number of fused-ring (bicyclic) bond motifs is 1. The number of benzene rings is 1. The molecule has 40 heavy (non-hydrogen) atoms. The van der Waals surface area contributed by atoms with Crippen molar-refractivity contribution in [1.82, 2.24) is 19.5 Å². The Labute approximate surface area is 230 Å². The van der Waals surface area contributed by atoms with Gasteiger partial charge in [0.15, 0.2) is 11.6 Å². The van der Waals surface area contributed by atoms with Crippen molar-refractivity contribution in [2.24, 2.45) is 5.92 Å². The van der Waals surface area contributed by atoms with Crippen LogP contribution in [0, 0.1) is 17.6 Å². The Balaban J connectivity index is 1.62. The Morgan fingerprint density at radius 2 is 1.73 bits per heavy atom. The zero-order chi connectivity index (χ0) is 28.2. The molecule has 0 spiro atoms. The van der Waals surface area contributed by atoms with Crippen molar-refractivity contribution in [2.45, 2.75) is 38.1 Å². The van der Waals surface area contributed by atoms with E-state index < -0.39 is 17.6 Å². The normalized spacial score (nSPS) is 14.6. The van der Waals surface area contributed by atoms with Crippen molar-refractivity contribution < 1.29 is 32.5 Å². The van der Waals surface area contributed by atoms with Gasteiger partial charge in [0.25, 0.3) is 0 Å². The summed E-state index contributed by atoms with van der Waals surface area (Å²) in [4.78, 5) is 25.2. The second-order valence-electron chi connectivity index (χ2n) is 9.62. The van der Waals surface area contributed by atoms with Crippen LogP contribution in [0.4, 0.5) is 8.78 Å². The van der Waals surface area contributed by atoms with Crippen molar-refractivity contribution >= 4 is 17.0 Å². The minimum Gasteiger partial charge on any atom is -0.481 e. The highest BCUT2D eigenvalue weighted by Crippen LogP contribution is 2.40. The van der Waals surface area contributed by atoms with Crippen molar-refractivity contribution in [1.29, 1.82) is 0 Å². The summed E-state index contributed by atoms with van der Waals surface area (Å²) in [6, 6.07) is 8.59. The number of methoxy groups -OCH3 is 3. The minimum absolute atomic E-state index is 0.171. The van der Waals surface area contributed by atoms with E-state index in [1.165, 1.54) is 33.6 Å². The predicted octanol–water partition coefficient (Wildman–Crippen LogP) is 5.78. The summed E-state index contributed by atoms with van der Waals surface area (Å²) >= 11 is 0. The number of rotatable bonds is 9. The van der Waals surface area contributed by atoms with Crippen LogP contribution in [0.3, 0.4) is 0 Å². The monoisotopic (exact) mass is 552 g/mol. The standard InChI is InChI=1S/C29H30F2N4O5/c1-37-26-12-10-19(28(34-26)38-2)27-33-22-13-20(30)21(31)14-23(22)35(27)24(17-7-5-4-6-8-17)16-40-25-11-9-18(15-32-25)29(36)39-3/h9-15,17,24H,4-8,16H2,1-3H3. The number of pyridine rings is 2. The Kier molecular flexibility index (Phi) is 8.09. The van der Waals surface area contributed by atoms with Gasteiger partial charge < -0.3 is 23.5 Å². The molecule has 9 nitrogen and oxygen atoms in total. The van der Waals surface area contributed by atoms with Gasteiger partial charge in [-0.15, -0.1) is 0 Å². The van der Waals surface area contributed by atoms with Crippen LogP contribution >= 0.6 is 0 Å². The molecule has 0 aliphatic heterocycles. The first kappa shape index (κ1) is 27.3. The Morgan fingerprint density at radius 3 is 2.40 bits per heavy atom. The van der Waals surface area contributed by atoms with Gasteiger partial charge in [-0.25, -0.2) is 23.5 Å². The minimum atomic E-state index is -0.983. The highest BCUT2D eigenvalue weighted by molar-refractivity contribution is 5.88. The Hall–Kier alpha value is -4.28. The zero-order valence-corrected chi connectivity index (χ0v) is 22.5. The second-order valence-corrected chi connectivity index (χ2v) is 9.62. The van der Waals surface area contributed by atoms with E-state index in [1.54, 1.807) is 24.3 Å². The molecule has 3 heterocycles. The lowest BCUT2D eigenvalue weighted by atomic mass is 9.83. The van der Waals surface area contributed by atoms with Crippen LogP contribution in [0.25, 0.3) is 22.4 Å². The van der Waals surface area contributed by atoms with E-state index in [4.69, 9.17) is 23.9 Å². The maximum atomic E-state index is 14.6. The number of carbonyl (C=O) groups is 1. The number of ether oxygens (including phenoxy) is 4. The molecule has 1 atom stereocenters. The molecule has 210 valence electrons. The lowest BCUT2D eigenvalue weighted by Crippen LogP contribution is -2.28. The Bertz CT molecular complexity index is 1500. The fourth-order valence-electron chi connectivity index (χ4n) is 5.29. The van der Waals surface area contributed by atoms with E-state index in [0.717, 1.165) is 38.2 Å². The molecule has 1 aliphatic carbocycles. The SMILES string of the molecule is COC(=O)c1ccc(OCC(C2CCCCC2)n2c(-c3ccc(OC)nc3OC)nc3cc(F)c(F)cc32)nc1. The molecule has 1 fully saturated rings. The number of nitrogens with zero attached hydrogens (tertiary/aromatic N) is 4. The smallest absolute Gasteiger partial charge is 0.339 e. The van der Waals surface area contributed by atoms with Crippen LogP contribution in [-0.2, 0) is 4.74 Å². The predicted molar refractivity (Wildman–Crippen MR) is 143 cm³/mol. The highest BCUT2D eigenvalue weighted by Gasteiger charge is 2.31. The molecule has 11 heteroatoms. The maximum absolute atomic E-state index is 14.6. The van der Waals surface area contributed by atoms with E-state index >= 15 is 0 Å². The number of carbonyl (C=O) groups excluding carboxylic acids is 1. The van der Waals surface area contributed by atoms with Crippen molar-refractivity contribution in [3.63, 3.8) is 0 Å². The average molecular weight is 553 g/mol. The molecule has 0 bridgehead atoms. The lowest BCUT2D eigenvalue weighted by molar-refractivity contribution is 0.0600. The van der Waals surface area contributed by atoms with Crippen LogP contribution in [0.2, 0.25) is 0 Å². The average Bonchev–Trinajstić information content (AvgIpc) is 3.34. The molecule has 1 aliphatic rings. The first-order valence-corrected chi connectivity index (χ1v) is 13.1. The largest absolute Gasteiger partial charge is 0.481 e. The van der Waals surface area contributed by atoms with E-state index in [2.05, 4.69) is 9.97 Å². The van der Waals surface area contributed by atoms with E-state index in [-0.39, 0.29) is 24.4 Å². The van der Waals surface area contributed by atoms with Crippen LogP contribution in [0.15, 0.2) is 42.6 Å². The van der Waals surface area contributed by atoms with E-state index in [0.29, 0.717) is 39.7 Å². The summed E-state index contributed by atoms with van der Waals surface area (Å²) in [5.41, 5.74) is 1.58. The van der Waals surface area contributed by atoms with Crippen molar-refractivity contribution in [2.75, 3.05) is 27.9 Å². The topological polar surface area (TPSA) is 97.6 Å². The summed E-state index contributed by atoms with van der Waals surface area (Å²) in [5.74, 6) is -0.892. The lowest BCUT2D eigenvalue weighted by Gasteiger charge is -2.32. The third-order valence-electron chi connectivity index (χ3n) is 7.29. The van der Waals surface area contributed by atoms with Gasteiger partial charge in [-0.3, -0.25) is 0 Å². The van der Waals surface area contributed by atoms with Crippen molar-refractivity contribution in [3.05, 3.63) is 59.8 Å². The molecule has 1 saturated carbocycles. The van der Waals surface area contributed by atoms with Gasteiger partial charge >= 0.3 is 5.97 Å². The quantitative estimate of drug-likeness (QED) is 0.241. The van der Waals surface area contributed by atoms with Gasteiger partial charge in [-0.2, -0.15) is 4.98 Å². The highest BCUT2D eigenvalue weighted by atomic mass is 19.2. The number of hydrogen-bond acceptors (Lipinski definition) is 8. The van der Waals surface area contributed by atoms with Gasteiger partial charge in [0.05, 0.1) is 49.5 Å².